The van der Waals surface area contributed by atoms with Gasteiger partial charge in [-0.25, -0.2) is 0 Å². The van der Waals surface area contributed by atoms with Crippen LogP contribution in [0.3, 0.4) is 0 Å². The molecule has 0 spiro atoms. The van der Waals surface area contributed by atoms with Crippen LogP contribution in [0.5, 0.6) is 11.5 Å². The van der Waals surface area contributed by atoms with Crippen LogP contribution in [0.2, 0.25) is 0 Å². The largest absolute Gasteiger partial charge is 0.457 e. The van der Waals surface area contributed by atoms with E-state index in [4.69, 9.17) is 4.74 Å². The molecule has 94 valence electrons. The van der Waals surface area contributed by atoms with E-state index in [1.807, 2.05) is 60.7 Å². The SMILES string of the molecule is c1ccc(Oc2ccccc2)cc1.c1cnnnc1. The average Bonchev–Trinajstić information content (AvgIpc) is 2.52. The van der Waals surface area contributed by atoms with Crippen LogP contribution in [0.4, 0.5) is 0 Å². The highest BCUT2D eigenvalue weighted by molar-refractivity contribution is 5.30. The predicted octanol–water partition coefficient (Wildman–Crippen LogP) is 3.35. The first-order chi connectivity index (χ1) is 9.45. The van der Waals surface area contributed by atoms with Crippen LogP contribution in [0.25, 0.3) is 0 Å². The molecule has 19 heavy (non-hydrogen) atoms. The molecule has 0 saturated heterocycles. The smallest absolute Gasteiger partial charge is 0.127 e. The summed E-state index contributed by atoms with van der Waals surface area (Å²) in [4.78, 5) is 0. The summed E-state index contributed by atoms with van der Waals surface area (Å²) in [6.45, 7) is 0. The second kappa shape index (κ2) is 7.55. The molecule has 0 N–H and O–H groups in total. The molecule has 4 nitrogen and oxygen atoms in total. The Morgan fingerprint density at radius 1 is 0.579 bits per heavy atom. The van der Waals surface area contributed by atoms with Crippen molar-refractivity contribution in [2.24, 2.45) is 0 Å². The Labute approximate surface area is 111 Å². The quantitative estimate of drug-likeness (QED) is 0.700. The highest BCUT2D eigenvalue weighted by Crippen LogP contribution is 2.19. The van der Waals surface area contributed by atoms with Crippen LogP contribution in [0.1, 0.15) is 0 Å². The molecule has 1 heterocycles. The lowest BCUT2D eigenvalue weighted by Crippen LogP contribution is -1.81. The Morgan fingerprint density at radius 2 is 1.05 bits per heavy atom. The highest BCUT2D eigenvalue weighted by Gasteiger charge is 1.92. The van der Waals surface area contributed by atoms with Gasteiger partial charge in [0.1, 0.15) is 11.5 Å². The molecule has 0 bridgehead atoms. The summed E-state index contributed by atoms with van der Waals surface area (Å²) in [5, 5.41) is 10.1. The van der Waals surface area contributed by atoms with Gasteiger partial charge < -0.3 is 4.74 Å². The van der Waals surface area contributed by atoms with Crippen molar-refractivity contribution < 1.29 is 4.74 Å². The third kappa shape index (κ3) is 4.95. The molecular formula is C15H13N3O. The molecule has 3 rings (SSSR count). The first-order valence-electron chi connectivity index (χ1n) is 5.81. The first-order valence-corrected chi connectivity index (χ1v) is 5.81. The Bertz CT molecular complexity index is 494. The van der Waals surface area contributed by atoms with Crippen molar-refractivity contribution in [3.05, 3.63) is 79.1 Å². The minimum absolute atomic E-state index is 0.869. The van der Waals surface area contributed by atoms with E-state index in [9.17, 15) is 0 Å². The van der Waals surface area contributed by atoms with Gasteiger partial charge in [0.25, 0.3) is 0 Å². The molecular weight excluding hydrogens is 238 g/mol. The van der Waals surface area contributed by atoms with E-state index < -0.39 is 0 Å². The first kappa shape index (κ1) is 12.7. The third-order valence-electron chi connectivity index (χ3n) is 2.13. The molecule has 0 aliphatic heterocycles. The molecule has 0 amide bonds. The number of hydrogen-bond donors (Lipinski definition) is 0. The minimum atomic E-state index is 0.869. The summed E-state index contributed by atoms with van der Waals surface area (Å²) in [6.07, 6.45) is 3.15. The van der Waals surface area contributed by atoms with E-state index in [-0.39, 0.29) is 0 Å². The van der Waals surface area contributed by atoms with E-state index in [2.05, 4.69) is 15.4 Å². The van der Waals surface area contributed by atoms with Crippen LogP contribution in [0, 0.1) is 0 Å². The van der Waals surface area contributed by atoms with Crippen LogP contribution in [0.15, 0.2) is 79.1 Å². The van der Waals surface area contributed by atoms with Gasteiger partial charge in [-0.15, -0.1) is 10.2 Å². The van der Waals surface area contributed by atoms with Gasteiger partial charge in [0, 0.05) is 0 Å². The van der Waals surface area contributed by atoms with Gasteiger partial charge in [0.15, 0.2) is 0 Å². The van der Waals surface area contributed by atoms with Gasteiger partial charge >= 0.3 is 0 Å². The van der Waals surface area contributed by atoms with Crippen molar-refractivity contribution in [2.45, 2.75) is 0 Å². The van der Waals surface area contributed by atoms with Gasteiger partial charge in [0.05, 0.1) is 12.4 Å². The zero-order valence-electron chi connectivity index (χ0n) is 10.3. The van der Waals surface area contributed by atoms with E-state index in [1.54, 1.807) is 18.5 Å². The maximum Gasteiger partial charge on any atom is 0.127 e. The number of ether oxygens (including phenoxy) is 1. The molecule has 0 aliphatic carbocycles. The highest BCUT2D eigenvalue weighted by atomic mass is 16.5. The maximum absolute atomic E-state index is 5.58. The summed E-state index contributed by atoms with van der Waals surface area (Å²) in [7, 11) is 0. The van der Waals surface area contributed by atoms with E-state index in [0.29, 0.717) is 0 Å². The van der Waals surface area contributed by atoms with Gasteiger partial charge in [-0.2, -0.15) is 0 Å². The molecule has 0 aliphatic rings. The molecule has 0 radical (unpaired) electrons. The van der Waals surface area contributed by atoms with Crippen molar-refractivity contribution in [3.63, 3.8) is 0 Å². The summed E-state index contributed by atoms with van der Waals surface area (Å²) in [6, 6.07) is 21.2. The molecule has 0 unspecified atom stereocenters. The number of rotatable bonds is 2. The topological polar surface area (TPSA) is 47.9 Å². The fraction of sp³-hybridized carbons (Fsp3) is 0. The van der Waals surface area contributed by atoms with Crippen molar-refractivity contribution in [1.82, 2.24) is 15.4 Å². The lowest BCUT2D eigenvalue weighted by Gasteiger charge is -2.03. The van der Waals surface area contributed by atoms with E-state index >= 15 is 0 Å². The van der Waals surface area contributed by atoms with Gasteiger partial charge in [-0.1, -0.05) is 36.4 Å². The Kier molecular flexibility index (Phi) is 5.05. The molecule has 2 aromatic carbocycles. The second-order valence-corrected chi connectivity index (χ2v) is 3.54. The Morgan fingerprint density at radius 3 is 1.37 bits per heavy atom. The standard InChI is InChI=1S/C12H10O.C3H3N3/c1-3-7-11(8-4-1)13-12-9-5-2-6-10-12;1-2-4-6-5-3-1/h1-10H;1-3H. The van der Waals surface area contributed by atoms with Crippen molar-refractivity contribution in [2.75, 3.05) is 0 Å². The van der Waals surface area contributed by atoms with Crippen LogP contribution >= 0.6 is 0 Å². The molecule has 1 aromatic heterocycles. The van der Waals surface area contributed by atoms with Crippen molar-refractivity contribution >= 4 is 0 Å². The summed E-state index contributed by atoms with van der Waals surface area (Å²) >= 11 is 0. The van der Waals surface area contributed by atoms with Crippen molar-refractivity contribution in [1.29, 1.82) is 0 Å². The Balaban J connectivity index is 0.000000186. The normalized spacial score (nSPS) is 9.05. The summed E-state index contributed by atoms with van der Waals surface area (Å²) < 4.78 is 5.58. The molecule has 0 fully saturated rings. The lowest BCUT2D eigenvalue weighted by molar-refractivity contribution is 0.482. The number of aromatic nitrogens is 3. The third-order valence-corrected chi connectivity index (χ3v) is 2.13. The fourth-order valence-corrected chi connectivity index (χ4v) is 1.32. The zero-order valence-corrected chi connectivity index (χ0v) is 10.3. The van der Waals surface area contributed by atoms with Crippen LogP contribution in [-0.4, -0.2) is 15.4 Å². The number of nitrogens with zero attached hydrogens (tertiary/aromatic N) is 3. The average molecular weight is 251 g/mol. The Hall–Kier alpha value is -2.75. The second-order valence-electron chi connectivity index (χ2n) is 3.54. The lowest BCUT2D eigenvalue weighted by atomic mass is 10.3. The van der Waals surface area contributed by atoms with Gasteiger partial charge in [-0.3, -0.25) is 0 Å². The van der Waals surface area contributed by atoms with Gasteiger partial charge in [-0.05, 0) is 35.5 Å². The van der Waals surface area contributed by atoms with Gasteiger partial charge in [0.2, 0.25) is 0 Å². The fourth-order valence-electron chi connectivity index (χ4n) is 1.32. The summed E-state index contributed by atoms with van der Waals surface area (Å²) in [5.41, 5.74) is 0. The number of benzene rings is 2. The van der Waals surface area contributed by atoms with E-state index in [1.165, 1.54) is 0 Å². The zero-order chi connectivity index (χ0) is 13.2. The minimum Gasteiger partial charge on any atom is -0.457 e. The molecule has 4 heteroatoms. The molecule has 0 saturated carbocycles. The van der Waals surface area contributed by atoms with Crippen molar-refractivity contribution in [3.8, 4) is 11.5 Å². The number of hydrogen-bond acceptors (Lipinski definition) is 4. The maximum atomic E-state index is 5.58. The van der Waals surface area contributed by atoms with Crippen LogP contribution < -0.4 is 4.74 Å². The predicted molar refractivity (Wildman–Crippen MR) is 72.8 cm³/mol. The monoisotopic (exact) mass is 251 g/mol. The summed E-state index contributed by atoms with van der Waals surface area (Å²) in [5.74, 6) is 1.74. The number of para-hydroxylation sites is 2. The molecule has 3 aromatic rings. The van der Waals surface area contributed by atoms with E-state index in [0.717, 1.165) is 11.5 Å². The van der Waals surface area contributed by atoms with Crippen LogP contribution in [-0.2, 0) is 0 Å². The molecule has 0 atom stereocenters.